The first-order chi connectivity index (χ1) is 7.59. The molecule has 1 aromatic carbocycles. The number of nitrogens with zero attached hydrogens (tertiary/aromatic N) is 3. The van der Waals surface area contributed by atoms with E-state index in [9.17, 15) is 9.59 Å². The molecule has 0 unspecified atom stereocenters. The van der Waals surface area contributed by atoms with Gasteiger partial charge >= 0.3 is 5.97 Å². The quantitative estimate of drug-likeness (QED) is 0.779. The number of carbonyl (C=O) groups is 1. The molecular formula is C10H9N3O3. The average molecular weight is 219 g/mol. The van der Waals surface area contributed by atoms with Crippen molar-refractivity contribution in [3.63, 3.8) is 0 Å². The third-order valence-electron chi connectivity index (χ3n) is 2.24. The number of hydrogen-bond acceptors (Lipinski definition) is 4. The first kappa shape index (κ1) is 10.3. The molecule has 0 amide bonds. The molecule has 0 radical (unpaired) electrons. The lowest BCUT2D eigenvalue weighted by molar-refractivity contribution is -0.138. The lowest BCUT2D eigenvalue weighted by Crippen LogP contribution is -2.28. The predicted octanol–water partition coefficient (Wildman–Crippen LogP) is 0.185. The van der Waals surface area contributed by atoms with Gasteiger partial charge in [0.15, 0.2) is 0 Å². The maximum Gasteiger partial charge on any atom is 0.325 e. The predicted molar refractivity (Wildman–Crippen MR) is 56.2 cm³/mol. The zero-order valence-electron chi connectivity index (χ0n) is 8.54. The first-order valence-electron chi connectivity index (χ1n) is 4.64. The molecule has 1 heterocycles. The van der Waals surface area contributed by atoms with Gasteiger partial charge in [0.2, 0.25) is 0 Å². The van der Waals surface area contributed by atoms with Crippen LogP contribution in [0.5, 0.6) is 0 Å². The van der Waals surface area contributed by atoms with Crippen LogP contribution in [-0.4, -0.2) is 26.1 Å². The third-order valence-corrected chi connectivity index (χ3v) is 2.24. The van der Waals surface area contributed by atoms with Crippen molar-refractivity contribution < 1.29 is 9.90 Å². The minimum Gasteiger partial charge on any atom is -0.480 e. The van der Waals surface area contributed by atoms with E-state index in [1.54, 1.807) is 25.1 Å². The maximum atomic E-state index is 11.9. The van der Waals surface area contributed by atoms with Gasteiger partial charge in [0.05, 0.1) is 5.39 Å². The summed E-state index contributed by atoms with van der Waals surface area (Å²) in [5.74, 6) is -1.12. The zero-order valence-corrected chi connectivity index (χ0v) is 8.54. The normalized spacial score (nSPS) is 10.6. The summed E-state index contributed by atoms with van der Waals surface area (Å²) in [4.78, 5) is 22.4. The van der Waals surface area contributed by atoms with E-state index in [4.69, 9.17) is 5.11 Å². The highest BCUT2D eigenvalue weighted by molar-refractivity contribution is 5.80. The molecule has 1 N–H and O–H groups in total. The number of aliphatic carboxylic acids is 1. The largest absolute Gasteiger partial charge is 0.480 e. The van der Waals surface area contributed by atoms with E-state index in [-0.39, 0.29) is 0 Å². The lowest BCUT2D eigenvalue weighted by Gasteiger charge is -2.03. The fourth-order valence-electron chi connectivity index (χ4n) is 1.52. The van der Waals surface area contributed by atoms with Gasteiger partial charge in [0, 0.05) is 0 Å². The van der Waals surface area contributed by atoms with Gasteiger partial charge in [-0.05, 0) is 18.6 Å². The van der Waals surface area contributed by atoms with Gasteiger partial charge in [-0.2, -0.15) is 4.68 Å². The van der Waals surface area contributed by atoms with E-state index in [1.165, 1.54) is 0 Å². The highest BCUT2D eigenvalue weighted by Gasteiger charge is 2.09. The van der Waals surface area contributed by atoms with Crippen LogP contribution >= 0.6 is 0 Å². The van der Waals surface area contributed by atoms with Crippen LogP contribution in [0.1, 0.15) is 5.56 Å². The SMILES string of the molecule is Cc1cccc2nnn(CC(=O)O)c(=O)c12. The topological polar surface area (TPSA) is 85.1 Å². The Labute approximate surface area is 90.1 Å². The third kappa shape index (κ3) is 1.65. The number of hydrogen-bond donors (Lipinski definition) is 1. The second kappa shape index (κ2) is 3.73. The summed E-state index contributed by atoms with van der Waals surface area (Å²) < 4.78 is 0.845. The van der Waals surface area contributed by atoms with Crippen LogP contribution in [0.3, 0.4) is 0 Å². The van der Waals surface area contributed by atoms with Crippen LogP contribution in [0.25, 0.3) is 10.9 Å². The van der Waals surface area contributed by atoms with Crippen LogP contribution in [0, 0.1) is 6.92 Å². The van der Waals surface area contributed by atoms with Crippen molar-refractivity contribution in [3.8, 4) is 0 Å². The van der Waals surface area contributed by atoms with Crippen molar-refractivity contribution in [2.24, 2.45) is 0 Å². The first-order valence-corrected chi connectivity index (χ1v) is 4.64. The molecule has 6 heteroatoms. The van der Waals surface area contributed by atoms with Gasteiger partial charge in [-0.1, -0.05) is 17.3 Å². The fraction of sp³-hybridized carbons (Fsp3) is 0.200. The molecule has 0 saturated carbocycles. The van der Waals surface area contributed by atoms with Gasteiger partial charge in [-0.3, -0.25) is 9.59 Å². The lowest BCUT2D eigenvalue weighted by atomic mass is 10.1. The van der Waals surface area contributed by atoms with E-state index >= 15 is 0 Å². The summed E-state index contributed by atoms with van der Waals surface area (Å²) in [5.41, 5.74) is 0.814. The Morgan fingerprint density at radius 1 is 1.50 bits per heavy atom. The van der Waals surface area contributed by atoms with E-state index < -0.39 is 18.1 Å². The summed E-state index contributed by atoms with van der Waals surface area (Å²) >= 11 is 0. The molecule has 16 heavy (non-hydrogen) atoms. The molecule has 2 rings (SSSR count). The summed E-state index contributed by atoms with van der Waals surface area (Å²) in [6.07, 6.45) is 0. The van der Waals surface area contributed by atoms with E-state index in [0.717, 1.165) is 10.2 Å². The smallest absolute Gasteiger partial charge is 0.325 e. The second-order valence-electron chi connectivity index (χ2n) is 3.42. The van der Waals surface area contributed by atoms with Crippen LogP contribution < -0.4 is 5.56 Å². The Morgan fingerprint density at radius 3 is 2.94 bits per heavy atom. The number of carboxylic acid groups (broad SMARTS) is 1. The Balaban J connectivity index is 2.73. The minimum atomic E-state index is -1.12. The molecular weight excluding hydrogens is 210 g/mol. The number of aryl methyl sites for hydroxylation is 1. The van der Waals surface area contributed by atoms with Gasteiger partial charge in [-0.15, -0.1) is 5.10 Å². The molecule has 0 aliphatic carbocycles. The van der Waals surface area contributed by atoms with Crippen LogP contribution in [0.2, 0.25) is 0 Å². The Kier molecular flexibility index (Phi) is 2.40. The average Bonchev–Trinajstić information content (AvgIpc) is 2.22. The Hall–Kier alpha value is -2.24. The van der Waals surface area contributed by atoms with Gasteiger partial charge in [0.25, 0.3) is 5.56 Å². The molecule has 0 aliphatic rings. The fourth-order valence-corrected chi connectivity index (χ4v) is 1.52. The molecule has 0 aliphatic heterocycles. The van der Waals surface area contributed by atoms with Crippen molar-refractivity contribution >= 4 is 16.9 Å². The Morgan fingerprint density at radius 2 is 2.25 bits per heavy atom. The molecule has 1 aromatic heterocycles. The second-order valence-corrected chi connectivity index (χ2v) is 3.42. The number of carboxylic acids is 1. The van der Waals surface area contributed by atoms with Crippen molar-refractivity contribution in [3.05, 3.63) is 34.1 Å². The zero-order chi connectivity index (χ0) is 11.7. The van der Waals surface area contributed by atoms with Crippen molar-refractivity contribution in [2.45, 2.75) is 13.5 Å². The van der Waals surface area contributed by atoms with Crippen molar-refractivity contribution in [2.75, 3.05) is 0 Å². The summed E-state index contributed by atoms with van der Waals surface area (Å²) in [6.45, 7) is 1.30. The highest BCUT2D eigenvalue weighted by atomic mass is 16.4. The van der Waals surface area contributed by atoms with E-state index in [1.807, 2.05) is 0 Å². The Bertz CT molecular complexity index is 618. The van der Waals surface area contributed by atoms with Crippen LogP contribution in [0.15, 0.2) is 23.0 Å². The molecule has 0 fully saturated rings. The summed E-state index contributed by atoms with van der Waals surface area (Å²) in [5, 5.41) is 16.4. The molecule has 6 nitrogen and oxygen atoms in total. The standard InChI is InChI=1S/C10H9N3O3/c1-6-3-2-4-7-9(6)10(16)13(12-11-7)5-8(14)15/h2-4H,5H2,1H3,(H,14,15). The molecule has 0 spiro atoms. The monoisotopic (exact) mass is 219 g/mol. The van der Waals surface area contributed by atoms with Gasteiger partial charge in [0.1, 0.15) is 12.1 Å². The minimum absolute atomic E-state index is 0.416. The molecule has 0 saturated heterocycles. The van der Waals surface area contributed by atoms with Crippen molar-refractivity contribution in [1.29, 1.82) is 0 Å². The summed E-state index contributed by atoms with van der Waals surface area (Å²) in [7, 11) is 0. The van der Waals surface area contributed by atoms with Crippen LogP contribution in [-0.2, 0) is 11.3 Å². The molecule has 2 aromatic rings. The maximum absolute atomic E-state index is 11.9. The number of fused-ring (bicyclic) bond motifs is 1. The number of rotatable bonds is 2. The van der Waals surface area contributed by atoms with Crippen LogP contribution in [0.4, 0.5) is 0 Å². The summed E-state index contributed by atoms with van der Waals surface area (Å²) in [6, 6.07) is 5.21. The van der Waals surface area contributed by atoms with Gasteiger partial charge in [-0.25, -0.2) is 0 Å². The molecule has 82 valence electrons. The molecule has 0 bridgehead atoms. The highest BCUT2D eigenvalue weighted by Crippen LogP contribution is 2.09. The van der Waals surface area contributed by atoms with Gasteiger partial charge < -0.3 is 5.11 Å². The van der Waals surface area contributed by atoms with E-state index in [0.29, 0.717) is 10.9 Å². The molecule has 0 atom stereocenters. The number of benzene rings is 1. The number of aromatic nitrogens is 3. The van der Waals surface area contributed by atoms with E-state index in [2.05, 4.69) is 10.3 Å². The van der Waals surface area contributed by atoms with Crippen molar-refractivity contribution in [1.82, 2.24) is 15.0 Å².